The van der Waals surface area contributed by atoms with E-state index in [0.717, 1.165) is 24.0 Å². The molecule has 0 saturated heterocycles. The summed E-state index contributed by atoms with van der Waals surface area (Å²) in [5.41, 5.74) is -0.376. The zero-order valence-corrected chi connectivity index (χ0v) is 10.3. The minimum Gasteiger partial charge on any atom is -0.258 e. The number of thioether (sulfide) groups is 2. The number of nitrogens with zero attached hydrogens (tertiary/aromatic N) is 2. The lowest BCUT2D eigenvalue weighted by Gasteiger charge is -2.04. The molecule has 1 aliphatic heterocycles. The van der Waals surface area contributed by atoms with Crippen molar-refractivity contribution in [3.8, 4) is 0 Å². The summed E-state index contributed by atoms with van der Waals surface area (Å²) in [5, 5.41) is 21.6. The SMILES string of the molecule is O=[N+]([O-])c1cc2c(c([N+](=O)[O-])c1)SCCCS2. The maximum atomic E-state index is 10.9. The van der Waals surface area contributed by atoms with Gasteiger partial charge in [-0.3, -0.25) is 20.2 Å². The second-order valence-corrected chi connectivity index (χ2v) is 5.60. The Kier molecular flexibility index (Phi) is 3.53. The smallest absolute Gasteiger partial charge is 0.258 e. The minimum atomic E-state index is -0.594. The molecule has 0 amide bonds. The minimum absolute atomic E-state index is 0.159. The van der Waals surface area contributed by atoms with Gasteiger partial charge >= 0.3 is 0 Å². The first kappa shape index (κ1) is 12.2. The van der Waals surface area contributed by atoms with Crippen LogP contribution in [-0.2, 0) is 0 Å². The lowest BCUT2D eigenvalue weighted by molar-refractivity contribution is -0.396. The number of benzene rings is 1. The number of non-ortho nitro benzene ring substituents is 1. The molecular weight excluding hydrogens is 264 g/mol. The summed E-state index contributed by atoms with van der Waals surface area (Å²) < 4.78 is 0. The van der Waals surface area contributed by atoms with E-state index < -0.39 is 9.85 Å². The molecule has 0 bridgehead atoms. The fourth-order valence-corrected chi connectivity index (χ4v) is 3.94. The van der Waals surface area contributed by atoms with E-state index >= 15 is 0 Å². The highest BCUT2D eigenvalue weighted by Crippen LogP contribution is 2.43. The Labute approximate surface area is 105 Å². The van der Waals surface area contributed by atoms with Gasteiger partial charge in [0.2, 0.25) is 0 Å². The molecule has 0 N–H and O–H groups in total. The standard InChI is InChI=1S/C9H8N2O4S2/c12-10(13)6-4-7(11(14)15)9-8(5-6)16-2-1-3-17-9/h4-5H,1-3H2. The Hall–Kier alpha value is -1.28. The summed E-state index contributed by atoms with van der Waals surface area (Å²) >= 11 is 2.84. The first-order valence-electron chi connectivity index (χ1n) is 4.82. The molecule has 1 aromatic carbocycles. The lowest BCUT2D eigenvalue weighted by Crippen LogP contribution is -1.96. The van der Waals surface area contributed by atoms with Gasteiger partial charge in [0.05, 0.1) is 20.8 Å². The second kappa shape index (κ2) is 4.92. The molecule has 17 heavy (non-hydrogen) atoms. The lowest BCUT2D eigenvalue weighted by atomic mass is 10.3. The summed E-state index contributed by atoms with van der Waals surface area (Å²) in [6.07, 6.45) is 0.939. The normalized spacial score (nSPS) is 14.8. The van der Waals surface area contributed by atoms with E-state index in [2.05, 4.69) is 0 Å². The van der Waals surface area contributed by atoms with Crippen molar-refractivity contribution in [2.24, 2.45) is 0 Å². The van der Waals surface area contributed by atoms with Crippen LogP contribution in [0.3, 0.4) is 0 Å². The van der Waals surface area contributed by atoms with E-state index in [0.29, 0.717) is 9.79 Å². The zero-order chi connectivity index (χ0) is 12.4. The van der Waals surface area contributed by atoms with Gasteiger partial charge in [0.15, 0.2) is 0 Å². The van der Waals surface area contributed by atoms with Crippen LogP contribution >= 0.6 is 23.5 Å². The molecule has 1 aromatic rings. The molecule has 0 aromatic heterocycles. The monoisotopic (exact) mass is 272 g/mol. The van der Waals surface area contributed by atoms with Crippen LogP contribution in [0.5, 0.6) is 0 Å². The highest BCUT2D eigenvalue weighted by Gasteiger charge is 2.25. The topological polar surface area (TPSA) is 86.3 Å². The molecule has 1 heterocycles. The first-order valence-corrected chi connectivity index (χ1v) is 6.79. The third-order valence-electron chi connectivity index (χ3n) is 2.22. The van der Waals surface area contributed by atoms with E-state index in [9.17, 15) is 20.2 Å². The number of rotatable bonds is 2. The molecule has 0 atom stereocenters. The van der Waals surface area contributed by atoms with Gasteiger partial charge in [-0.2, -0.15) is 0 Å². The van der Waals surface area contributed by atoms with Crippen LogP contribution < -0.4 is 0 Å². The van der Waals surface area contributed by atoms with Gasteiger partial charge in [-0.25, -0.2) is 0 Å². The summed E-state index contributed by atoms with van der Waals surface area (Å²) in [6, 6.07) is 2.46. The van der Waals surface area contributed by atoms with E-state index in [1.54, 1.807) is 0 Å². The predicted octanol–water partition coefficient (Wildman–Crippen LogP) is 3.09. The fourth-order valence-electron chi connectivity index (χ4n) is 1.48. The van der Waals surface area contributed by atoms with E-state index in [1.165, 1.54) is 29.6 Å². The average molecular weight is 272 g/mol. The van der Waals surface area contributed by atoms with Crippen LogP contribution in [0.4, 0.5) is 11.4 Å². The van der Waals surface area contributed by atoms with Gasteiger partial charge < -0.3 is 0 Å². The Morgan fingerprint density at radius 1 is 1.06 bits per heavy atom. The van der Waals surface area contributed by atoms with Crippen LogP contribution in [0.2, 0.25) is 0 Å². The second-order valence-electron chi connectivity index (χ2n) is 3.36. The Morgan fingerprint density at radius 3 is 2.41 bits per heavy atom. The molecule has 0 fully saturated rings. The fraction of sp³-hybridized carbons (Fsp3) is 0.333. The van der Waals surface area contributed by atoms with Gasteiger partial charge in [-0.1, -0.05) is 0 Å². The third kappa shape index (κ3) is 2.52. The maximum Gasteiger partial charge on any atom is 0.290 e. The maximum absolute atomic E-state index is 10.9. The highest BCUT2D eigenvalue weighted by molar-refractivity contribution is 8.03. The molecule has 1 aliphatic rings. The van der Waals surface area contributed by atoms with Crippen LogP contribution in [0.25, 0.3) is 0 Å². The number of nitro groups is 2. The van der Waals surface area contributed by atoms with Crippen LogP contribution in [0.1, 0.15) is 6.42 Å². The quantitative estimate of drug-likeness (QED) is 0.607. The van der Waals surface area contributed by atoms with Crippen LogP contribution in [0.15, 0.2) is 21.9 Å². The number of hydrogen-bond acceptors (Lipinski definition) is 6. The molecule has 90 valence electrons. The van der Waals surface area contributed by atoms with Crippen molar-refractivity contribution < 1.29 is 9.85 Å². The van der Waals surface area contributed by atoms with E-state index in [4.69, 9.17) is 0 Å². The number of nitro benzene ring substituents is 2. The third-order valence-corrected chi connectivity index (χ3v) is 4.69. The van der Waals surface area contributed by atoms with Gasteiger partial charge in [0.25, 0.3) is 11.4 Å². The Morgan fingerprint density at radius 2 is 1.76 bits per heavy atom. The highest BCUT2D eigenvalue weighted by atomic mass is 32.2. The molecule has 8 heteroatoms. The van der Waals surface area contributed by atoms with Crippen molar-refractivity contribution in [1.82, 2.24) is 0 Å². The molecule has 0 radical (unpaired) electrons. The van der Waals surface area contributed by atoms with Crippen molar-refractivity contribution in [1.29, 1.82) is 0 Å². The molecular formula is C9H8N2O4S2. The average Bonchev–Trinajstić information content (AvgIpc) is 2.51. The van der Waals surface area contributed by atoms with Crippen molar-refractivity contribution in [3.63, 3.8) is 0 Å². The molecule has 2 rings (SSSR count). The van der Waals surface area contributed by atoms with Crippen molar-refractivity contribution in [2.45, 2.75) is 16.2 Å². The predicted molar refractivity (Wildman–Crippen MR) is 65.8 cm³/mol. The summed E-state index contributed by atoms with van der Waals surface area (Å²) in [5.74, 6) is 1.64. The van der Waals surface area contributed by atoms with Crippen LogP contribution in [-0.4, -0.2) is 21.4 Å². The largest absolute Gasteiger partial charge is 0.290 e. The van der Waals surface area contributed by atoms with Crippen molar-refractivity contribution in [3.05, 3.63) is 32.4 Å². The van der Waals surface area contributed by atoms with Crippen molar-refractivity contribution in [2.75, 3.05) is 11.5 Å². The first-order chi connectivity index (χ1) is 8.09. The van der Waals surface area contributed by atoms with Gasteiger partial charge in [-0.05, 0) is 17.9 Å². The molecule has 0 saturated carbocycles. The molecule has 6 nitrogen and oxygen atoms in total. The van der Waals surface area contributed by atoms with Gasteiger partial charge in [0, 0.05) is 11.0 Å². The Bertz CT molecular complexity index is 492. The van der Waals surface area contributed by atoms with E-state index in [-0.39, 0.29) is 11.4 Å². The van der Waals surface area contributed by atoms with Crippen molar-refractivity contribution >= 4 is 34.9 Å². The Balaban J connectivity index is 2.59. The van der Waals surface area contributed by atoms with Gasteiger partial charge in [-0.15, -0.1) is 23.5 Å². The zero-order valence-electron chi connectivity index (χ0n) is 8.62. The van der Waals surface area contributed by atoms with Gasteiger partial charge in [0.1, 0.15) is 0 Å². The molecule has 0 aliphatic carbocycles. The summed E-state index contributed by atoms with van der Waals surface area (Å²) in [7, 11) is 0. The van der Waals surface area contributed by atoms with Crippen LogP contribution in [0, 0.1) is 20.2 Å². The number of fused-ring (bicyclic) bond motifs is 1. The van der Waals surface area contributed by atoms with E-state index in [1.807, 2.05) is 0 Å². The molecule has 0 spiro atoms. The number of hydrogen-bond donors (Lipinski definition) is 0. The summed E-state index contributed by atoms with van der Waals surface area (Å²) in [6.45, 7) is 0. The summed E-state index contributed by atoms with van der Waals surface area (Å²) in [4.78, 5) is 21.7. The molecule has 0 unspecified atom stereocenters.